The van der Waals surface area contributed by atoms with Crippen LogP contribution < -0.4 is 10.2 Å². The maximum absolute atomic E-state index is 5.77. The molecule has 0 aliphatic carbocycles. The monoisotopic (exact) mass is 379 g/mol. The van der Waals surface area contributed by atoms with Crippen LogP contribution in [0.1, 0.15) is 39.3 Å². The Morgan fingerprint density at radius 1 is 1.08 bits per heavy atom. The molecular weight excluding hydrogens is 358 g/mol. The first-order valence-electron chi connectivity index (χ1n) is 8.67. The number of aromatic nitrogens is 1. The Kier molecular flexibility index (Phi) is 4.51. The van der Waals surface area contributed by atoms with Crippen LogP contribution in [0.5, 0.6) is 0 Å². The summed E-state index contributed by atoms with van der Waals surface area (Å²) in [6.45, 7) is 6.43. The SMILES string of the molecule is Cc1cc(C)cc(N2C(=S)N[C@H](c3ccccn3)[C@@H]2c2sccc2C)c1. The van der Waals surface area contributed by atoms with Gasteiger partial charge in [-0.3, -0.25) is 4.98 Å². The highest BCUT2D eigenvalue weighted by atomic mass is 32.1. The Balaban J connectivity index is 1.86. The molecule has 5 heteroatoms. The molecule has 1 aliphatic heterocycles. The van der Waals surface area contributed by atoms with E-state index in [2.05, 4.69) is 71.7 Å². The molecule has 132 valence electrons. The van der Waals surface area contributed by atoms with Gasteiger partial charge in [0.05, 0.1) is 17.8 Å². The fourth-order valence-electron chi connectivity index (χ4n) is 3.68. The zero-order valence-electron chi connectivity index (χ0n) is 15.1. The van der Waals surface area contributed by atoms with Crippen LogP contribution in [-0.4, -0.2) is 10.1 Å². The summed E-state index contributed by atoms with van der Waals surface area (Å²) in [5, 5.41) is 6.43. The van der Waals surface area contributed by atoms with E-state index in [0.717, 1.165) is 16.5 Å². The molecule has 2 atom stereocenters. The van der Waals surface area contributed by atoms with Crippen LogP contribution in [0.2, 0.25) is 0 Å². The Bertz CT molecular complexity index is 929. The van der Waals surface area contributed by atoms with Gasteiger partial charge in [0.1, 0.15) is 0 Å². The molecule has 3 nitrogen and oxygen atoms in total. The molecule has 1 aromatic carbocycles. The van der Waals surface area contributed by atoms with Crippen molar-refractivity contribution in [1.82, 2.24) is 10.3 Å². The maximum atomic E-state index is 5.77. The lowest BCUT2D eigenvalue weighted by atomic mass is 10.00. The van der Waals surface area contributed by atoms with Gasteiger partial charge in [0.2, 0.25) is 0 Å². The fourth-order valence-corrected chi connectivity index (χ4v) is 5.08. The van der Waals surface area contributed by atoms with Crippen LogP contribution in [0.3, 0.4) is 0 Å². The normalized spacial score (nSPS) is 19.7. The quantitative estimate of drug-likeness (QED) is 0.630. The van der Waals surface area contributed by atoms with E-state index in [-0.39, 0.29) is 12.1 Å². The van der Waals surface area contributed by atoms with Gasteiger partial charge in [-0.25, -0.2) is 0 Å². The van der Waals surface area contributed by atoms with Gasteiger partial charge in [0.25, 0.3) is 0 Å². The van der Waals surface area contributed by atoms with Crippen molar-refractivity contribution in [3.05, 3.63) is 81.3 Å². The summed E-state index contributed by atoms with van der Waals surface area (Å²) in [7, 11) is 0. The second-order valence-electron chi connectivity index (χ2n) is 6.81. The van der Waals surface area contributed by atoms with Crippen molar-refractivity contribution in [3.63, 3.8) is 0 Å². The van der Waals surface area contributed by atoms with Crippen molar-refractivity contribution in [1.29, 1.82) is 0 Å². The smallest absolute Gasteiger partial charge is 0.174 e. The first-order chi connectivity index (χ1) is 12.5. The van der Waals surface area contributed by atoms with E-state index >= 15 is 0 Å². The minimum atomic E-state index is 0.0295. The lowest BCUT2D eigenvalue weighted by Crippen LogP contribution is -2.29. The molecule has 1 fully saturated rings. The molecule has 0 unspecified atom stereocenters. The summed E-state index contributed by atoms with van der Waals surface area (Å²) in [6.07, 6.45) is 1.85. The van der Waals surface area contributed by atoms with Gasteiger partial charge in [-0.15, -0.1) is 11.3 Å². The molecule has 3 aromatic rings. The highest BCUT2D eigenvalue weighted by Gasteiger charge is 2.41. The number of rotatable bonds is 3. The van der Waals surface area contributed by atoms with Crippen LogP contribution in [0.15, 0.2) is 54.0 Å². The second kappa shape index (κ2) is 6.82. The third-order valence-corrected chi connectivity index (χ3v) is 6.16. The second-order valence-corrected chi connectivity index (χ2v) is 8.14. The molecule has 0 amide bonds. The van der Waals surface area contributed by atoms with Gasteiger partial charge < -0.3 is 10.2 Å². The Hall–Kier alpha value is -2.24. The standard InChI is InChI=1S/C21H21N3S2/c1-13-10-14(2)12-16(11-13)24-19(20-15(3)7-9-26-20)18(23-21(24)25)17-6-4-5-8-22-17/h4-12,18-19H,1-3H3,(H,23,25)/t18-,19-/m1/s1. The van der Waals surface area contributed by atoms with Crippen molar-refractivity contribution < 1.29 is 0 Å². The number of hydrogen-bond donors (Lipinski definition) is 1. The molecule has 0 radical (unpaired) electrons. The van der Waals surface area contributed by atoms with Crippen LogP contribution in [0, 0.1) is 20.8 Å². The van der Waals surface area contributed by atoms with Crippen molar-refractivity contribution in [3.8, 4) is 0 Å². The third kappa shape index (κ3) is 3.02. The molecule has 1 saturated heterocycles. The number of aryl methyl sites for hydroxylation is 3. The van der Waals surface area contributed by atoms with E-state index in [0.29, 0.717) is 0 Å². The predicted molar refractivity (Wildman–Crippen MR) is 113 cm³/mol. The van der Waals surface area contributed by atoms with Crippen LogP contribution in [-0.2, 0) is 0 Å². The topological polar surface area (TPSA) is 28.2 Å². The van der Waals surface area contributed by atoms with E-state index < -0.39 is 0 Å². The minimum absolute atomic E-state index is 0.0295. The molecule has 3 heterocycles. The molecule has 1 N–H and O–H groups in total. The highest BCUT2D eigenvalue weighted by molar-refractivity contribution is 7.80. The van der Waals surface area contributed by atoms with E-state index in [1.165, 1.54) is 21.6 Å². The molecule has 0 spiro atoms. The number of nitrogens with zero attached hydrogens (tertiary/aromatic N) is 2. The lowest BCUT2D eigenvalue weighted by molar-refractivity contribution is 0.573. The number of nitrogens with one attached hydrogen (secondary N) is 1. The molecule has 1 aliphatic rings. The Morgan fingerprint density at radius 2 is 1.85 bits per heavy atom. The first-order valence-corrected chi connectivity index (χ1v) is 9.96. The van der Waals surface area contributed by atoms with Crippen molar-refractivity contribution in [2.45, 2.75) is 32.9 Å². The largest absolute Gasteiger partial charge is 0.351 e. The molecule has 0 bridgehead atoms. The van der Waals surface area contributed by atoms with Gasteiger partial charge in [-0.2, -0.15) is 0 Å². The maximum Gasteiger partial charge on any atom is 0.174 e. The fraction of sp³-hybridized carbons (Fsp3) is 0.238. The van der Waals surface area contributed by atoms with Gasteiger partial charge >= 0.3 is 0 Å². The van der Waals surface area contributed by atoms with Gasteiger partial charge in [-0.1, -0.05) is 12.1 Å². The third-order valence-electron chi connectivity index (χ3n) is 4.75. The van der Waals surface area contributed by atoms with Gasteiger partial charge in [0.15, 0.2) is 5.11 Å². The zero-order valence-corrected chi connectivity index (χ0v) is 16.7. The molecule has 0 saturated carbocycles. The molecule has 2 aromatic heterocycles. The van der Waals surface area contributed by atoms with Crippen molar-refractivity contribution >= 4 is 34.4 Å². The van der Waals surface area contributed by atoms with E-state index in [4.69, 9.17) is 12.2 Å². The van der Waals surface area contributed by atoms with Crippen molar-refractivity contribution in [2.75, 3.05) is 4.90 Å². The number of thiophene rings is 1. The average Bonchev–Trinajstić information content (AvgIpc) is 3.17. The lowest BCUT2D eigenvalue weighted by Gasteiger charge is -2.28. The summed E-state index contributed by atoms with van der Waals surface area (Å²) in [6, 6.07) is 15.0. The summed E-state index contributed by atoms with van der Waals surface area (Å²) >= 11 is 7.56. The zero-order chi connectivity index (χ0) is 18.3. The van der Waals surface area contributed by atoms with E-state index in [9.17, 15) is 0 Å². The predicted octanol–water partition coefficient (Wildman–Crippen LogP) is 5.25. The van der Waals surface area contributed by atoms with Crippen LogP contribution >= 0.6 is 23.6 Å². The number of anilines is 1. The highest BCUT2D eigenvalue weighted by Crippen LogP contribution is 2.44. The van der Waals surface area contributed by atoms with Gasteiger partial charge in [0, 0.05) is 16.8 Å². The van der Waals surface area contributed by atoms with E-state index in [1.807, 2.05) is 18.3 Å². The number of pyridine rings is 1. The van der Waals surface area contributed by atoms with Crippen LogP contribution in [0.4, 0.5) is 5.69 Å². The first kappa shape index (κ1) is 17.2. The molecule has 26 heavy (non-hydrogen) atoms. The Labute approximate surface area is 163 Å². The Morgan fingerprint density at radius 3 is 2.46 bits per heavy atom. The number of hydrogen-bond acceptors (Lipinski definition) is 3. The molecule has 4 rings (SSSR count). The number of thiocarbonyl (C=S) groups is 1. The average molecular weight is 380 g/mol. The summed E-state index contributed by atoms with van der Waals surface area (Å²) in [5.41, 5.74) is 5.93. The van der Waals surface area contributed by atoms with Crippen molar-refractivity contribution in [2.24, 2.45) is 0 Å². The summed E-state index contributed by atoms with van der Waals surface area (Å²) in [4.78, 5) is 8.19. The minimum Gasteiger partial charge on any atom is -0.351 e. The summed E-state index contributed by atoms with van der Waals surface area (Å²) in [5.74, 6) is 0. The van der Waals surface area contributed by atoms with Crippen LogP contribution in [0.25, 0.3) is 0 Å². The summed E-state index contributed by atoms with van der Waals surface area (Å²) < 4.78 is 0. The number of benzene rings is 1. The van der Waals surface area contributed by atoms with Gasteiger partial charge in [-0.05, 0) is 85.4 Å². The van der Waals surface area contributed by atoms with E-state index in [1.54, 1.807) is 11.3 Å². The molecular formula is C21H21N3S2.